The van der Waals surface area contributed by atoms with Gasteiger partial charge in [0.25, 0.3) is 0 Å². The molecule has 0 aromatic heterocycles. The second-order valence-electron chi connectivity index (χ2n) is 6.32. The van der Waals surface area contributed by atoms with E-state index < -0.39 is 0 Å². The summed E-state index contributed by atoms with van der Waals surface area (Å²) in [6, 6.07) is 0. The molecular weight excluding hydrogens is 408 g/mol. The molecule has 28 heavy (non-hydrogen) atoms. The molecule has 0 saturated carbocycles. The maximum atomic E-state index is 5.33. The minimum Gasteiger partial charge on any atom is -0.290 e. The van der Waals surface area contributed by atoms with E-state index in [0.717, 1.165) is 24.0 Å². The first-order chi connectivity index (χ1) is 12.3. The van der Waals surface area contributed by atoms with Crippen LogP contribution in [-0.2, 0) is 43.4 Å². The second-order valence-corrected chi connectivity index (χ2v) is 6.32. The van der Waals surface area contributed by atoms with E-state index in [0.29, 0.717) is 0 Å². The molecule has 2 aliphatic carbocycles. The van der Waals surface area contributed by atoms with Crippen LogP contribution < -0.4 is 0 Å². The van der Waals surface area contributed by atoms with Gasteiger partial charge in [-0.15, -0.1) is 12.5 Å². The molecule has 0 bridgehead atoms. The van der Waals surface area contributed by atoms with Crippen LogP contribution in [0.5, 0.6) is 0 Å². The Morgan fingerprint density at radius 3 is 1.29 bits per heavy atom. The number of allylic oxidation sites excluding steroid dienone is 16. The first-order valence-electron chi connectivity index (χ1n) is 8.83. The third kappa shape index (κ3) is 40.0. The van der Waals surface area contributed by atoms with Gasteiger partial charge in [-0.2, -0.15) is 17.2 Å². The van der Waals surface area contributed by atoms with Crippen molar-refractivity contribution in [1.82, 2.24) is 0 Å². The third-order valence-corrected chi connectivity index (χ3v) is 2.43. The van der Waals surface area contributed by atoms with E-state index in [1.807, 2.05) is 90.2 Å². The number of rotatable bonds is 2. The van der Waals surface area contributed by atoms with E-state index >= 15 is 0 Å². The normalized spacial score (nSPS) is 11.4. The average molecular weight is 442 g/mol. The Morgan fingerprint density at radius 2 is 1.04 bits per heavy atom. The van der Waals surface area contributed by atoms with Gasteiger partial charge in [0.2, 0.25) is 0 Å². The van der Waals surface area contributed by atoms with Crippen LogP contribution in [0.15, 0.2) is 83.1 Å². The molecule has 0 unspecified atom stereocenters. The topological polar surface area (TPSA) is 0 Å². The zero-order chi connectivity index (χ0) is 20.2. The van der Waals surface area contributed by atoms with Crippen LogP contribution in [0.2, 0.25) is 0 Å². The van der Waals surface area contributed by atoms with Crippen LogP contribution in [-0.4, -0.2) is 0 Å². The van der Waals surface area contributed by atoms with Gasteiger partial charge in [-0.3, -0.25) is 25.3 Å². The van der Waals surface area contributed by atoms with Gasteiger partial charge < -0.3 is 0 Å². The Hall–Kier alpha value is -0.911. The van der Waals surface area contributed by atoms with Crippen LogP contribution in [0, 0.1) is 25.3 Å². The van der Waals surface area contributed by atoms with Crippen LogP contribution in [0.3, 0.4) is 0 Å². The fourth-order valence-corrected chi connectivity index (χ4v) is 1.72. The van der Waals surface area contributed by atoms with E-state index in [1.54, 1.807) is 0 Å². The summed E-state index contributed by atoms with van der Waals surface area (Å²) in [5, 5.41) is 0. The van der Waals surface area contributed by atoms with Crippen LogP contribution in [0.4, 0.5) is 0 Å². The molecule has 146 valence electrons. The minimum atomic E-state index is 0. The van der Waals surface area contributed by atoms with Gasteiger partial charge >= 0.3 is 43.4 Å². The van der Waals surface area contributed by atoms with E-state index in [4.69, 9.17) is 13.2 Å². The molecule has 0 aromatic carbocycles. The summed E-state index contributed by atoms with van der Waals surface area (Å²) < 4.78 is 0. The molecule has 0 aromatic rings. The molecule has 0 spiro atoms. The van der Waals surface area contributed by atoms with Crippen molar-refractivity contribution >= 4 is 0 Å². The summed E-state index contributed by atoms with van der Waals surface area (Å²) in [6.45, 7) is 22.5. The van der Waals surface area contributed by atoms with Crippen LogP contribution in [0.1, 0.15) is 54.4 Å². The SMILES string of the molecule is [C-]1=CC=CC1.[C-]1=CC=CC=CC1.[CH-]=C(C)C=C(C)C.[CH-]=C(C)C=C(C)C.[Ti+2].[Ti+2]. The van der Waals surface area contributed by atoms with E-state index in [2.05, 4.69) is 24.3 Å². The van der Waals surface area contributed by atoms with Crippen LogP contribution >= 0.6 is 0 Å². The smallest absolute Gasteiger partial charge is 0.290 e. The Morgan fingerprint density at radius 1 is 0.643 bits per heavy atom. The Labute approximate surface area is 205 Å². The Kier molecular flexibility index (Phi) is 32.2. The van der Waals surface area contributed by atoms with Gasteiger partial charge in [0, 0.05) is 0 Å². The summed E-state index contributed by atoms with van der Waals surface area (Å²) >= 11 is 0. The van der Waals surface area contributed by atoms with Gasteiger partial charge in [0.1, 0.15) is 0 Å². The largest absolute Gasteiger partial charge is 2.00 e. The van der Waals surface area contributed by atoms with Crippen molar-refractivity contribution < 1.29 is 43.4 Å². The molecule has 0 atom stereocenters. The maximum absolute atomic E-state index is 5.33. The summed E-state index contributed by atoms with van der Waals surface area (Å²) in [6.07, 6.45) is 27.9. The van der Waals surface area contributed by atoms with Crippen molar-refractivity contribution in [2.75, 3.05) is 0 Å². The maximum Gasteiger partial charge on any atom is 2.00 e. The molecule has 0 saturated heterocycles. The molecular formula is C26H34Ti2. The predicted molar refractivity (Wildman–Crippen MR) is 118 cm³/mol. The third-order valence-electron chi connectivity index (χ3n) is 2.43. The zero-order valence-corrected chi connectivity index (χ0v) is 21.5. The first-order valence-corrected chi connectivity index (χ1v) is 8.83. The Bertz CT molecular complexity index is 546. The second kappa shape index (κ2) is 26.1. The molecule has 0 heterocycles. The summed E-state index contributed by atoms with van der Waals surface area (Å²) in [4.78, 5) is 0. The van der Waals surface area contributed by atoms with Crippen molar-refractivity contribution in [3.05, 3.63) is 108 Å². The number of hydrogen-bond donors (Lipinski definition) is 0. The Balaban J connectivity index is -0.000000135. The molecule has 0 fully saturated rings. The fraction of sp³-hybridized carbons (Fsp3) is 0.308. The summed E-state index contributed by atoms with van der Waals surface area (Å²) in [7, 11) is 0. The van der Waals surface area contributed by atoms with Crippen molar-refractivity contribution in [1.29, 1.82) is 0 Å². The van der Waals surface area contributed by atoms with E-state index in [9.17, 15) is 0 Å². The fourth-order valence-electron chi connectivity index (χ4n) is 1.72. The van der Waals surface area contributed by atoms with Crippen molar-refractivity contribution in [2.45, 2.75) is 54.4 Å². The monoisotopic (exact) mass is 442 g/mol. The van der Waals surface area contributed by atoms with Gasteiger partial charge in [-0.1, -0.05) is 60.1 Å². The van der Waals surface area contributed by atoms with Crippen molar-refractivity contribution in [2.24, 2.45) is 0 Å². The van der Waals surface area contributed by atoms with Gasteiger partial charge in [-0.25, -0.2) is 47.6 Å². The van der Waals surface area contributed by atoms with E-state index in [-0.39, 0.29) is 43.4 Å². The van der Waals surface area contributed by atoms with Gasteiger partial charge in [0.05, 0.1) is 0 Å². The molecule has 0 N–H and O–H groups in total. The van der Waals surface area contributed by atoms with Crippen molar-refractivity contribution in [3.63, 3.8) is 0 Å². The zero-order valence-electron chi connectivity index (χ0n) is 18.3. The summed E-state index contributed by atoms with van der Waals surface area (Å²) in [5.41, 5.74) is 4.25. The van der Waals surface area contributed by atoms with Gasteiger partial charge in [0.15, 0.2) is 0 Å². The molecule has 0 radical (unpaired) electrons. The average Bonchev–Trinajstić information content (AvgIpc) is 2.94. The van der Waals surface area contributed by atoms with E-state index in [1.165, 1.54) is 11.1 Å². The minimum absolute atomic E-state index is 0. The quantitative estimate of drug-likeness (QED) is 0.232. The summed E-state index contributed by atoms with van der Waals surface area (Å²) in [5.74, 6) is 0. The number of hydrogen-bond acceptors (Lipinski definition) is 0. The first kappa shape index (κ1) is 34.6. The molecule has 2 heteroatoms. The van der Waals surface area contributed by atoms with Gasteiger partial charge in [-0.05, 0) is 0 Å². The molecule has 2 aliphatic rings. The van der Waals surface area contributed by atoms with Crippen LogP contribution in [0.25, 0.3) is 0 Å². The van der Waals surface area contributed by atoms with Crippen molar-refractivity contribution in [3.8, 4) is 0 Å². The molecule has 2 rings (SSSR count). The molecule has 0 nitrogen and oxygen atoms in total. The molecule has 0 amide bonds. The predicted octanol–water partition coefficient (Wildman–Crippen LogP) is 7.83. The standard InChI is InChI=1S/C7H7.2C7H11.C5H5.2Ti/c1-2-4-6-7-5-3-1;2*1-6(2)5-7(3)4;1-2-4-5-3-1;;/h1-5H,6H2;2*1,5H,2-4H3;1-3H,4H2;;/q4*-1;2*+2. The molecule has 0 aliphatic heterocycles.